The Kier molecular flexibility index (Phi) is 7.37. The van der Waals surface area contributed by atoms with Crippen LogP contribution in [0.2, 0.25) is 0 Å². The topological polar surface area (TPSA) is 108 Å². The standard InChI is InChI=1S/C29H33N7O2/c1-20(21-7-9-25(38-3)10-8-21)31-27(37)23-5-4-6-24(19-23)33-29(13-17-36(2)18-14-29)28-32-26(34-35-28)22-11-15-30-16-12-22/h4-12,15-16,19-20,33H,13-14,17-18H2,1-3H3,(H,31,37)(H,32,34,35)/t20-/m1/s1. The molecule has 1 saturated heterocycles. The van der Waals surface area contributed by atoms with Gasteiger partial charge >= 0.3 is 0 Å². The van der Waals surface area contributed by atoms with Crippen LogP contribution in [-0.4, -0.2) is 58.2 Å². The summed E-state index contributed by atoms with van der Waals surface area (Å²) in [6.45, 7) is 3.80. The minimum Gasteiger partial charge on any atom is -0.497 e. The van der Waals surface area contributed by atoms with Gasteiger partial charge in [0.15, 0.2) is 11.6 Å². The van der Waals surface area contributed by atoms with Crippen LogP contribution >= 0.6 is 0 Å². The molecular formula is C29H33N7O2. The minimum absolute atomic E-state index is 0.131. The number of ether oxygens (including phenoxy) is 1. The van der Waals surface area contributed by atoms with E-state index < -0.39 is 5.54 Å². The molecule has 38 heavy (non-hydrogen) atoms. The van der Waals surface area contributed by atoms with Crippen molar-refractivity contribution in [2.24, 2.45) is 0 Å². The number of amides is 1. The van der Waals surface area contributed by atoms with Gasteiger partial charge in [-0.25, -0.2) is 4.98 Å². The first kappa shape index (κ1) is 25.4. The number of rotatable bonds is 8. The number of anilines is 1. The van der Waals surface area contributed by atoms with Crippen molar-refractivity contribution in [1.82, 2.24) is 30.4 Å². The molecule has 1 atom stereocenters. The molecule has 0 bridgehead atoms. The van der Waals surface area contributed by atoms with Gasteiger partial charge in [0.25, 0.3) is 5.91 Å². The Morgan fingerprint density at radius 3 is 2.53 bits per heavy atom. The molecule has 2 aromatic heterocycles. The van der Waals surface area contributed by atoms with Gasteiger partial charge in [-0.1, -0.05) is 18.2 Å². The number of carbonyl (C=O) groups is 1. The van der Waals surface area contributed by atoms with E-state index >= 15 is 0 Å². The van der Waals surface area contributed by atoms with Crippen molar-refractivity contribution >= 4 is 11.6 Å². The number of nitrogens with zero attached hydrogens (tertiary/aromatic N) is 4. The number of piperidine rings is 1. The number of pyridine rings is 1. The Bertz CT molecular complexity index is 1360. The molecular weight excluding hydrogens is 478 g/mol. The molecule has 9 nitrogen and oxygen atoms in total. The fourth-order valence-electron chi connectivity index (χ4n) is 4.80. The Morgan fingerprint density at radius 1 is 1.08 bits per heavy atom. The summed E-state index contributed by atoms with van der Waals surface area (Å²) >= 11 is 0. The predicted molar refractivity (Wildman–Crippen MR) is 147 cm³/mol. The summed E-state index contributed by atoms with van der Waals surface area (Å²) in [6.07, 6.45) is 5.17. The van der Waals surface area contributed by atoms with Crippen LogP contribution < -0.4 is 15.4 Å². The molecule has 5 rings (SSSR count). The van der Waals surface area contributed by atoms with E-state index in [1.54, 1.807) is 19.5 Å². The van der Waals surface area contributed by atoms with Crippen LogP contribution in [0, 0.1) is 0 Å². The highest BCUT2D eigenvalue weighted by Gasteiger charge is 2.38. The van der Waals surface area contributed by atoms with Gasteiger partial charge in [-0.15, -0.1) is 0 Å². The minimum atomic E-state index is -0.434. The lowest BCUT2D eigenvalue weighted by molar-refractivity contribution is 0.0940. The summed E-state index contributed by atoms with van der Waals surface area (Å²) in [5.41, 5.74) is 2.94. The zero-order chi connectivity index (χ0) is 26.5. The Labute approximate surface area is 222 Å². The number of H-pyrrole nitrogens is 1. The first-order valence-corrected chi connectivity index (χ1v) is 12.8. The van der Waals surface area contributed by atoms with Crippen LogP contribution in [0.15, 0.2) is 73.1 Å². The van der Waals surface area contributed by atoms with E-state index in [1.165, 1.54) is 0 Å². The van der Waals surface area contributed by atoms with Crippen LogP contribution in [0.5, 0.6) is 5.75 Å². The number of methoxy groups -OCH3 is 1. The van der Waals surface area contributed by atoms with Gasteiger partial charge < -0.3 is 20.3 Å². The summed E-state index contributed by atoms with van der Waals surface area (Å²) in [5.74, 6) is 2.09. The van der Waals surface area contributed by atoms with Gasteiger partial charge in [-0.2, -0.15) is 5.10 Å². The summed E-state index contributed by atoms with van der Waals surface area (Å²) in [7, 11) is 3.76. The number of hydrogen-bond acceptors (Lipinski definition) is 7. The molecule has 1 aliphatic rings. The fraction of sp³-hybridized carbons (Fsp3) is 0.310. The number of hydrogen-bond donors (Lipinski definition) is 3. The molecule has 1 amide bonds. The Morgan fingerprint density at radius 2 is 1.82 bits per heavy atom. The number of aromatic nitrogens is 4. The van der Waals surface area contributed by atoms with Crippen molar-refractivity contribution in [3.63, 3.8) is 0 Å². The maximum absolute atomic E-state index is 13.1. The van der Waals surface area contributed by atoms with E-state index in [2.05, 4.69) is 37.8 Å². The molecule has 0 unspecified atom stereocenters. The van der Waals surface area contributed by atoms with Crippen molar-refractivity contribution in [3.05, 3.63) is 90.0 Å². The SMILES string of the molecule is COc1ccc([C@@H](C)NC(=O)c2cccc(NC3(c4nc(-c5ccncc5)n[nH]4)CCN(C)CC3)c2)cc1. The van der Waals surface area contributed by atoms with Crippen molar-refractivity contribution in [1.29, 1.82) is 0 Å². The van der Waals surface area contributed by atoms with Gasteiger partial charge in [-0.05, 0) is 74.8 Å². The lowest BCUT2D eigenvalue weighted by atomic mass is 9.86. The van der Waals surface area contributed by atoms with Gasteiger partial charge in [0.2, 0.25) is 0 Å². The maximum Gasteiger partial charge on any atom is 0.251 e. The van der Waals surface area contributed by atoms with Gasteiger partial charge in [0.1, 0.15) is 5.75 Å². The lowest BCUT2D eigenvalue weighted by Gasteiger charge is -2.40. The van der Waals surface area contributed by atoms with E-state index in [9.17, 15) is 4.79 Å². The molecule has 2 aromatic carbocycles. The average molecular weight is 512 g/mol. The van der Waals surface area contributed by atoms with Crippen LogP contribution in [0.3, 0.4) is 0 Å². The van der Waals surface area contributed by atoms with Gasteiger partial charge in [-0.3, -0.25) is 14.9 Å². The van der Waals surface area contributed by atoms with E-state index in [4.69, 9.17) is 9.72 Å². The van der Waals surface area contributed by atoms with Crippen molar-refractivity contribution in [3.8, 4) is 17.1 Å². The highest BCUT2D eigenvalue weighted by atomic mass is 16.5. The second kappa shape index (κ2) is 11.0. The number of carbonyl (C=O) groups excluding carboxylic acids is 1. The predicted octanol–water partition coefficient (Wildman–Crippen LogP) is 4.40. The monoisotopic (exact) mass is 511 g/mol. The Hall–Kier alpha value is -4.24. The molecule has 3 N–H and O–H groups in total. The number of nitrogens with one attached hydrogen (secondary N) is 3. The number of aromatic amines is 1. The second-order valence-electron chi connectivity index (χ2n) is 9.80. The van der Waals surface area contributed by atoms with Gasteiger partial charge in [0.05, 0.1) is 18.7 Å². The summed E-state index contributed by atoms with van der Waals surface area (Å²) in [4.78, 5) is 24.4. The molecule has 196 valence electrons. The molecule has 1 fully saturated rings. The molecule has 3 heterocycles. The van der Waals surface area contributed by atoms with Crippen LogP contribution in [0.25, 0.3) is 11.4 Å². The third kappa shape index (κ3) is 5.52. The van der Waals surface area contributed by atoms with Crippen LogP contribution in [-0.2, 0) is 5.54 Å². The first-order chi connectivity index (χ1) is 18.5. The van der Waals surface area contributed by atoms with Crippen molar-refractivity contribution in [2.75, 3.05) is 32.6 Å². The second-order valence-corrected chi connectivity index (χ2v) is 9.80. The molecule has 0 aliphatic carbocycles. The summed E-state index contributed by atoms with van der Waals surface area (Å²) in [5, 5.41) is 14.5. The first-order valence-electron chi connectivity index (χ1n) is 12.8. The quantitative estimate of drug-likeness (QED) is 0.322. The van der Waals surface area contributed by atoms with Crippen LogP contribution in [0.1, 0.15) is 47.6 Å². The number of likely N-dealkylation sites (tertiary alicyclic amines) is 1. The third-order valence-corrected chi connectivity index (χ3v) is 7.19. The largest absolute Gasteiger partial charge is 0.497 e. The molecule has 0 saturated carbocycles. The van der Waals surface area contributed by atoms with Gasteiger partial charge in [0, 0.05) is 42.3 Å². The molecule has 0 spiro atoms. The normalized spacial score (nSPS) is 16.0. The van der Waals surface area contributed by atoms with Crippen molar-refractivity contribution < 1.29 is 9.53 Å². The molecule has 4 aromatic rings. The smallest absolute Gasteiger partial charge is 0.251 e. The zero-order valence-electron chi connectivity index (χ0n) is 21.9. The lowest BCUT2D eigenvalue weighted by Crippen LogP contribution is -2.46. The Balaban J connectivity index is 1.35. The fourth-order valence-corrected chi connectivity index (χ4v) is 4.80. The van der Waals surface area contributed by atoms with Crippen molar-refractivity contribution in [2.45, 2.75) is 31.3 Å². The number of benzene rings is 2. The summed E-state index contributed by atoms with van der Waals surface area (Å²) < 4.78 is 5.23. The highest BCUT2D eigenvalue weighted by molar-refractivity contribution is 5.95. The van der Waals surface area contributed by atoms with E-state index in [1.807, 2.05) is 67.6 Å². The summed E-state index contributed by atoms with van der Waals surface area (Å²) in [6, 6.07) is 19.0. The van der Waals surface area contributed by atoms with E-state index in [0.717, 1.165) is 54.3 Å². The molecule has 9 heteroatoms. The molecule has 1 aliphatic heterocycles. The average Bonchev–Trinajstić information content (AvgIpc) is 3.46. The third-order valence-electron chi connectivity index (χ3n) is 7.19. The van der Waals surface area contributed by atoms with E-state index in [0.29, 0.717) is 11.4 Å². The highest BCUT2D eigenvalue weighted by Crippen LogP contribution is 2.35. The molecule has 0 radical (unpaired) electrons. The van der Waals surface area contributed by atoms with Crippen LogP contribution in [0.4, 0.5) is 5.69 Å². The zero-order valence-corrected chi connectivity index (χ0v) is 21.9. The van der Waals surface area contributed by atoms with E-state index in [-0.39, 0.29) is 11.9 Å². The maximum atomic E-state index is 13.1.